The number of benzene rings is 1. The molecule has 1 amide bonds. The number of nitrogens with one attached hydrogen (secondary N) is 1. The molecule has 5 rings (SSSR count). The van der Waals surface area contributed by atoms with E-state index in [2.05, 4.69) is 5.32 Å². The molecule has 0 saturated heterocycles. The highest BCUT2D eigenvalue weighted by Gasteiger charge is 2.49. The van der Waals surface area contributed by atoms with Crippen LogP contribution >= 0.6 is 11.6 Å². The first-order valence-electron chi connectivity index (χ1n) is 9.16. The number of carbonyl (C=O) groups is 1. The second kappa shape index (κ2) is 5.94. The minimum absolute atomic E-state index is 0.00470. The van der Waals surface area contributed by atoms with E-state index in [-0.39, 0.29) is 5.91 Å². The quantitative estimate of drug-likeness (QED) is 0.874. The van der Waals surface area contributed by atoms with Crippen LogP contribution in [0.4, 0.5) is 0 Å². The normalized spacial score (nSPS) is 34.2. The number of ether oxygens (including phenoxy) is 1. The Morgan fingerprint density at radius 2 is 1.58 bits per heavy atom. The molecule has 4 aliphatic carbocycles. The topological polar surface area (TPSA) is 38.3 Å². The van der Waals surface area contributed by atoms with Crippen molar-refractivity contribution in [2.24, 2.45) is 23.7 Å². The van der Waals surface area contributed by atoms with Crippen LogP contribution in [0, 0.1) is 23.7 Å². The smallest absolute Gasteiger partial charge is 0.263 e. The van der Waals surface area contributed by atoms with Gasteiger partial charge < -0.3 is 10.1 Å². The fraction of sp³-hybridized carbons (Fsp3) is 0.650. The van der Waals surface area contributed by atoms with Gasteiger partial charge in [0.05, 0.1) is 0 Å². The summed E-state index contributed by atoms with van der Waals surface area (Å²) in [6.45, 7) is 3.68. The highest BCUT2D eigenvalue weighted by atomic mass is 35.5. The molecule has 130 valence electrons. The molecule has 4 saturated carbocycles. The van der Waals surface area contributed by atoms with Gasteiger partial charge in [0.1, 0.15) is 5.75 Å². The second-order valence-electron chi connectivity index (χ2n) is 8.50. The Morgan fingerprint density at radius 1 is 1.04 bits per heavy atom. The lowest BCUT2D eigenvalue weighted by molar-refractivity contribution is -0.138. The maximum Gasteiger partial charge on any atom is 0.263 e. The van der Waals surface area contributed by atoms with Gasteiger partial charge in [0, 0.05) is 11.1 Å². The molecule has 0 atom stereocenters. The Morgan fingerprint density at radius 3 is 2.12 bits per heavy atom. The van der Waals surface area contributed by atoms with Crippen molar-refractivity contribution in [3.8, 4) is 5.75 Å². The minimum atomic E-state index is -0.886. The average Bonchev–Trinajstić information content (AvgIpc) is 2.52. The van der Waals surface area contributed by atoms with Gasteiger partial charge in [-0.25, -0.2) is 0 Å². The molecule has 1 N–H and O–H groups in total. The van der Waals surface area contributed by atoms with Gasteiger partial charge in [0.15, 0.2) is 5.60 Å². The maximum atomic E-state index is 12.9. The molecule has 1 aromatic rings. The van der Waals surface area contributed by atoms with Gasteiger partial charge >= 0.3 is 0 Å². The number of hydrogen-bond donors (Lipinski definition) is 1. The van der Waals surface area contributed by atoms with Gasteiger partial charge in [0.25, 0.3) is 5.91 Å². The predicted octanol–water partition coefficient (Wildman–Crippen LogP) is 4.44. The van der Waals surface area contributed by atoms with Gasteiger partial charge in [-0.2, -0.15) is 0 Å². The van der Waals surface area contributed by atoms with Crippen molar-refractivity contribution < 1.29 is 9.53 Å². The van der Waals surface area contributed by atoms with E-state index < -0.39 is 5.60 Å². The lowest BCUT2D eigenvalue weighted by Gasteiger charge is -2.54. The molecule has 3 nitrogen and oxygen atoms in total. The summed E-state index contributed by atoms with van der Waals surface area (Å²) in [6.07, 6.45) is 6.64. The van der Waals surface area contributed by atoms with Crippen LogP contribution in [0.2, 0.25) is 5.02 Å². The first-order valence-corrected chi connectivity index (χ1v) is 9.54. The molecule has 0 unspecified atom stereocenters. The van der Waals surface area contributed by atoms with E-state index in [0.717, 1.165) is 11.8 Å². The third-order valence-corrected chi connectivity index (χ3v) is 6.51. The first-order chi connectivity index (χ1) is 11.4. The Labute approximate surface area is 149 Å². The summed E-state index contributed by atoms with van der Waals surface area (Å²) in [5, 5.41) is 4.01. The van der Waals surface area contributed by atoms with Crippen molar-refractivity contribution >= 4 is 17.5 Å². The fourth-order valence-corrected chi connectivity index (χ4v) is 5.46. The van der Waals surface area contributed by atoms with Crippen LogP contribution in [-0.2, 0) is 4.79 Å². The molecule has 0 spiro atoms. The largest absolute Gasteiger partial charge is 0.478 e. The van der Waals surface area contributed by atoms with Crippen molar-refractivity contribution in [1.82, 2.24) is 5.32 Å². The van der Waals surface area contributed by atoms with Crippen LogP contribution < -0.4 is 10.1 Å². The molecular weight excluding hydrogens is 322 g/mol. The SMILES string of the molecule is CC(C)(Oc1ccc(Cl)cc1)C(=O)NC1C2CC3CC(C2)CC1C3. The van der Waals surface area contributed by atoms with Gasteiger partial charge in [-0.15, -0.1) is 0 Å². The number of amides is 1. The van der Waals surface area contributed by atoms with E-state index in [0.29, 0.717) is 28.6 Å². The van der Waals surface area contributed by atoms with E-state index >= 15 is 0 Å². The third kappa shape index (κ3) is 3.03. The third-order valence-electron chi connectivity index (χ3n) is 6.26. The summed E-state index contributed by atoms with van der Waals surface area (Å²) in [7, 11) is 0. The van der Waals surface area contributed by atoms with E-state index in [1.54, 1.807) is 24.3 Å². The number of halogens is 1. The Balaban J connectivity index is 1.42. The molecule has 4 bridgehead atoms. The van der Waals surface area contributed by atoms with Crippen LogP contribution in [-0.4, -0.2) is 17.6 Å². The maximum absolute atomic E-state index is 12.9. The lowest BCUT2D eigenvalue weighted by atomic mass is 9.54. The summed E-state index contributed by atoms with van der Waals surface area (Å²) in [5.41, 5.74) is -0.886. The number of rotatable bonds is 4. The summed E-state index contributed by atoms with van der Waals surface area (Å²) in [6, 6.07) is 7.52. The standard InChI is InChI=1S/C20H26ClNO2/c1-20(2,24-17-5-3-16(21)4-6-17)19(23)22-18-14-8-12-7-13(10-14)11-15(18)9-12/h3-6,12-15,18H,7-11H2,1-2H3,(H,22,23). The van der Waals surface area contributed by atoms with Gasteiger partial charge in [-0.3, -0.25) is 4.79 Å². The van der Waals surface area contributed by atoms with E-state index in [9.17, 15) is 4.79 Å². The fourth-order valence-electron chi connectivity index (χ4n) is 5.33. The van der Waals surface area contributed by atoms with Crippen LogP contribution in [0.15, 0.2) is 24.3 Å². The average molecular weight is 348 g/mol. The molecule has 4 fully saturated rings. The van der Waals surface area contributed by atoms with Crippen molar-refractivity contribution in [1.29, 1.82) is 0 Å². The van der Waals surface area contributed by atoms with Crippen molar-refractivity contribution in [2.75, 3.05) is 0 Å². The summed E-state index contributed by atoms with van der Waals surface area (Å²) in [5.74, 6) is 3.85. The Hall–Kier alpha value is -1.22. The molecule has 4 aliphatic rings. The summed E-state index contributed by atoms with van der Waals surface area (Å²) >= 11 is 5.91. The van der Waals surface area contributed by atoms with E-state index in [4.69, 9.17) is 16.3 Å². The zero-order valence-corrected chi connectivity index (χ0v) is 15.2. The molecule has 0 aliphatic heterocycles. The van der Waals surface area contributed by atoms with E-state index in [1.165, 1.54) is 32.1 Å². The molecule has 4 heteroatoms. The van der Waals surface area contributed by atoms with Gasteiger partial charge in [-0.1, -0.05) is 11.6 Å². The van der Waals surface area contributed by atoms with Crippen LogP contribution in [0.5, 0.6) is 5.75 Å². The predicted molar refractivity (Wildman–Crippen MR) is 95.1 cm³/mol. The molecular formula is C20H26ClNO2. The van der Waals surface area contributed by atoms with Crippen molar-refractivity contribution in [3.63, 3.8) is 0 Å². The molecule has 24 heavy (non-hydrogen) atoms. The van der Waals surface area contributed by atoms with Gasteiger partial charge in [0.2, 0.25) is 0 Å². The summed E-state index contributed by atoms with van der Waals surface area (Å²) < 4.78 is 5.94. The molecule has 0 aromatic heterocycles. The zero-order valence-electron chi connectivity index (χ0n) is 14.4. The van der Waals surface area contributed by atoms with Gasteiger partial charge in [-0.05, 0) is 93.9 Å². The van der Waals surface area contributed by atoms with Crippen LogP contribution in [0.3, 0.4) is 0 Å². The second-order valence-corrected chi connectivity index (χ2v) is 8.93. The molecule has 0 heterocycles. The zero-order chi connectivity index (χ0) is 16.9. The highest BCUT2D eigenvalue weighted by Crippen LogP contribution is 2.53. The molecule has 1 aromatic carbocycles. The first kappa shape index (κ1) is 16.3. The lowest BCUT2D eigenvalue weighted by Crippen LogP contribution is -2.59. The van der Waals surface area contributed by atoms with Crippen LogP contribution in [0.1, 0.15) is 46.0 Å². The number of hydrogen-bond acceptors (Lipinski definition) is 2. The molecule has 0 radical (unpaired) electrons. The summed E-state index contributed by atoms with van der Waals surface area (Å²) in [4.78, 5) is 12.9. The Kier molecular flexibility index (Phi) is 4.03. The number of carbonyl (C=O) groups excluding carboxylic acids is 1. The highest BCUT2D eigenvalue weighted by molar-refractivity contribution is 6.30. The monoisotopic (exact) mass is 347 g/mol. The van der Waals surface area contributed by atoms with E-state index in [1.807, 2.05) is 13.8 Å². The van der Waals surface area contributed by atoms with Crippen LogP contribution in [0.25, 0.3) is 0 Å². The Bertz CT molecular complexity index is 597. The minimum Gasteiger partial charge on any atom is -0.478 e. The van der Waals surface area contributed by atoms with Crippen molar-refractivity contribution in [2.45, 2.75) is 57.6 Å². The van der Waals surface area contributed by atoms with Crippen molar-refractivity contribution in [3.05, 3.63) is 29.3 Å².